The number of phenols is 1. The number of carboxylic acids is 1. The van der Waals surface area contributed by atoms with Crippen LogP contribution in [0.2, 0.25) is 0 Å². The number of ether oxygens (including phenoxy) is 1. The second-order valence-corrected chi connectivity index (χ2v) is 6.16. The Balaban J connectivity index is 2.06. The highest BCUT2D eigenvalue weighted by molar-refractivity contribution is 5.87. The summed E-state index contributed by atoms with van der Waals surface area (Å²) in [5, 5.41) is 57.2. The van der Waals surface area contributed by atoms with Gasteiger partial charge in [-0.2, -0.15) is 0 Å². The van der Waals surface area contributed by atoms with Gasteiger partial charge < -0.3 is 35.4 Å². The van der Waals surface area contributed by atoms with Gasteiger partial charge in [-0.1, -0.05) is 12.1 Å². The number of esters is 1. The zero-order valence-corrected chi connectivity index (χ0v) is 13.6. The number of rotatable bonds is 5. The quantitative estimate of drug-likeness (QED) is 0.286. The van der Waals surface area contributed by atoms with E-state index in [0.29, 0.717) is 11.1 Å². The molecule has 1 aliphatic rings. The Bertz CT molecular complexity index is 714. The number of hydrogen-bond acceptors (Lipinski definition) is 8. The summed E-state index contributed by atoms with van der Waals surface area (Å²) in [4.78, 5) is 23.0. The summed E-state index contributed by atoms with van der Waals surface area (Å²) in [6, 6.07) is 4.32. The molecule has 9 heteroatoms. The number of benzene rings is 1. The van der Waals surface area contributed by atoms with Gasteiger partial charge in [0, 0.05) is 24.5 Å². The number of carboxylic acid groups (broad SMARTS) is 1. The maximum atomic E-state index is 11.9. The van der Waals surface area contributed by atoms with Crippen LogP contribution in [0.1, 0.15) is 24.0 Å². The van der Waals surface area contributed by atoms with Crippen molar-refractivity contribution in [3.8, 4) is 5.75 Å². The van der Waals surface area contributed by atoms with E-state index in [-0.39, 0.29) is 12.4 Å². The van der Waals surface area contributed by atoms with E-state index in [1.54, 1.807) is 0 Å². The minimum absolute atomic E-state index is 0.152. The first-order chi connectivity index (χ1) is 12.2. The Labute approximate surface area is 148 Å². The average molecular weight is 368 g/mol. The van der Waals surface area contributed by atoms with Crippen molar-refractivity contribution in [3.05, 3.63) is 35.4 Å². The van der Waals surface area contributed by atoms with Crippen LogP contribution in [-0.2, 0) is 20.9 Å². The number of hydrogen-bond donors (Lipinski definition) is 6. The van der Waals surface area contributed by atoms with E-state index >= 15 is 0 Å². The van der Waals surface area contributed by atoms with Gasteiger partial charge in [0.2, 0.25) is 0 Å². The maximum absolute atomic E-state index is 11.9. The van der Waals surface area contributed by atoms with E-state index < -0.39 is 48.7 Å². The fourth-order valence-corrected chi connectivity index (χ4v) is 2.71. The van der Waals surface area contributed by atoms with Crippen LogP contribution in [0.5, 0.6) is 5.75 Å². The number of aliphatic hydroxyl groups excluding tert-OH is 3. The van der Waals surface area contributed by atoms with Crippen LogP contribution in [0.3, 0.4) is 0 Å². The highest BCUT2D eigenvalue weighted by Gasteiger charge is 2.50. The first kappa shape index (κ1) is 19.9. The van der Waals surface area contributed by atoms with E-state index in [1.165, 1.54) is 24.3 Å². The fourth-order valence-electron chi connectivity index (χ4n) is 2.71. The summed E-state index contributed by atoms with van der Waals surface area (Å²) in [5.41, 5.74) is -1.56. The Kier molecular flexibility index (Phi) is 5.98. The molecule has 2 rings (SSSR count). The topological polar surface area (TPSA) is 165 Å². The third-order valence-electron chi connectivity index (χ3n) is 4.22. The molecule has 0 bridgehead atoms. The molecule has 9 nitrogen and oxygen atoms in total. The van der Waals surface area contributed by atoms with E-state index in [9.17, 15) is 30.0 Å². The Morgan fingerprint density at radius 1 is 1.27 bits per heavy atom. The molecule has 4 atom stereocenters. The van der Waals surface area contributed by atoms with Gasteiger partial charge in [0.1, 0.15) is 18.0 Å². The lowest BCUT2D eigenvalue weighted by molar-refractivity contribution is -0.196. The van der Waals surface area contributed by atoms with Gasteiger partial charge >= 0.3 is 11.9 Å². The van der Waals surface area contributed by atoms with Crippen LogP contribution < -0.4 is 0 Å². The smallest absolute Gasteiger partial charge is 0.335 e. The van der Waals surface area contributed by atoms with Crippen molar-refractivity contribution in [2.24, 2.45) is 0 Å². The van der Waals surface area contributed by atoms with Crippen LogP contribution >= 0.6 is 0 Å². The summed E-state index contributed by atoms with van der Waals surface area (Å²) >= 11 is 0. The number of carbonyl (C=O) groups is 2. The molecule has 0 spiro atoms. The van der Waals surface area contributed by atoms with Crippen molar-refractivity contribution in [1.29, 1.82) is 0 Å². The molecule has 0 radical (unpaired) electrons. The van der Waals surface area contributed by atoms with Crippen molar-refractivity contribution in [3.63, 3.8) is 0 Å². The first-order valence-electron chi connectivity index (χ1n) is 7.79. The van der Waals surface area contributed by atoms with Crippen LogP contribution in [0, 0.1) is 0 Å². The normalized spacial score (nSPS) is 28.8. The van der Waals surface area contributed by atoms with E-state index in [0.717, 1.165) is 6.08 Å². The molecule has 6 N–H and O–H groups in total. The molecule has 0 heterocycles. The van der Waals surface area contributed by atoms with Gasteiger partial charge in [-0.25, -0.2) is 9.59 Å². The lowest BCUT2D eigenvalue weighted by Crippen LogP contribution is -2.57. The van der Waals surface area contributed by atoms with Crippen molar-refractivity contribution < 1.29 is 45.0 Å². The maximum Gasteiger partial charge on any atom is 0.335 e. The molecule has 0 saturated heterocycles. The van der Waals surface area contributed by atoms with E-state index in [1.807, 2.05) is 0 Å². The molecule has 0 amide bonds. The molecule has 1 aromatic carbocycles. The minimum Gasteiger partial charge on any atom is -0.508 e. The van der Waals surface area contributed by atoms with E-state index in [4.69, 9.17) is 14.9 Å². The van der Waals surface area contributed by atoms with Gasteiger partial charge in [-0.3, -0.25) is 0 Å². The SMILES string of the molecule is O=C(/C=C/c1ccc(CO)c(O)c1)OC1CC(O)(C(=O)O)CC(O)C1O. The largest absolute Gasteiger partial charge is 0.508 e. The second-order valence-electron chi connectivity index (χ2n) is 6.16. The predicted molar refractivity (Wildman–Crippen MR) is 86.8 cm³/mol. The lowest BCUT2D eigenvalue weighted by Gasteiger charge is -2.39. The third kappa shape index (κ3) is 4.38. The van der Waals surface area contributed by atoms with Gasteiger partial charge in [-0.15, -0.1) is 0 Å². The van der Waals surface area contributed by atoms with Crippen LogP contribution in [0.4, 0.5) is 0 Å². The van der Waals surface area contributed by atoms with Gasteiger partial charge in [0.15, 0.2) is 5.60 Å². The molecule has 142 valence electrons. The fraction of sp³-hybridized carbons (Fsp3) is 0.412. The monoisotopic (exact) mass is 368 g/mol. The van der Waals surface area contributed by atoms with Crippen LogP contribution in [0.25, 0.3) is 6.08 Å². The van der Waals surface area contributed by atoms with Crippen molar-refractivity contribution in [2.45, 2.75) is 43.4 Å². The minimum atomic E-state index is -2.31. The summed E-state index contributed by atoms with van der Waals surface area (Å²) in [5.74, 6) is -2.67. The van der Waals surface area contributed by atoms with E-state index in [2.05, 4.69) is 0 Å². The second kappa shape index (κ2) is 7.83. The Hall–Kier alpha value is -2.46. The highest BCUT2D eigenvalue weighted by atomic mass is 16.6. The molecule has 26 heavy (non-hydrogen) atoms. The molecule has 1 aliphatic carbocycles. The van der Waals surface area contributed by atoms with Gasteiger partial charge in [0.25, 0.3) is 0 Å². The summed E-state index contributed by atoms with van der Waals surface area (Å²) < 4.78 is 4.95. The zero-order valence-electron chi connectivity index (χ0n) is 13.6. The molecule has 4 unspecified atom stereocenters. The summed E-state index contributed by atoms with van der Waals surface area (Å²) in [6.07, 6.45) is -3.34. The average Bonchev–Trinajstić information content (AvgIpc) is 2.57. The number of aliphatic carboxylic acids is 1. The number of aliphatic hydroxyl groups is 4. The Morgan fingerprint density at radius 2 is 1.96 bits per heavy atom. The van der Waals surface area contributed by atoms with Gasteiger partial charge in [-0.05, 0) is 17.7 Å². The van der Waals surface area contributed by atoms with Crippen molar-refractivity contribution >= 4 is 18.0 Å². The zero-order chi connectivity index (χ0) is 19.5. The highest BCUT2D eigenvalue weighted by Crippen LogP contribution is 2.31. The number of carbonyl (C=O) groups excluding carboxylic acids is 1. The van der Waals surface area contributed by atoms with Crippen LogP contribution in [0.15, 0.2) is 24.3 Å². The predicted octanol–water partition coefficient (Wildman–Crippen LogP) is -0.859. The number of aromatic hydroxyl groups is 1. The van der Waals surface area contributed by atoms with Crippen LogP contribution in [-0.4, -0.2) is 66.5 Å². The molecule has 1 aromatic rings. The molecule has 0 aromatic heterocycles. The third-order valence-corrected chi connectivity index (χ3v) is 4.22. The first-order valence-corrected chi connectivity index (χ1v) is 7.79. The standard InChI is InChI=1S/C17H20O9/c18-8-10-3-1-9(5-11(10)19)2-4-14(21)26-13-7-17(25,16(23)24)6-12(20)15(13)22/h1-5,12-13,15,18-20,22,25H,6-8H2,(H,23,24)/b4-2+. The molecule has 0 aliphatic heterocycles. The van der Waals surface area contributed by atoms with Crippen molar-refractivity contribution in [1.82, 2.24) is 0 Å². The summed E-state index contributed by atoms with van der Waals surface area (Å²) in [6.45, 7) is -0.341. The lowest BCUT2D eigenvalue weighted by atomic mass is 9.79. The van der Waals surface area contributed by atoms with Gasteiger partial charge in [0.05, 0.1) is 12.7 Å². The van der Waals surface area contributed by atoms with Crippen molar-refractivity contribution in [2.75, 3.05) is 0 Å². The molecule has 1 saturated carbocycles. The molecular weight excluding hydrogens is 348 g/mol. The Morgan fingerprint density at radius 3 is 2.54 bits per heavy atom. The summed E-state index contributed by atoms with van der Waals surface area (Å²) in [7, 11) is 0. The molecular formula is C17H20O9. The molecule has 1 fully saturated rings.